The lowest BCUT2D eigenvalue weighted by atomic mass is 10.0. The van der Waals surface area contributed by atoms with Gasteiger partial charge in [0.2, 0.25) is 5.91 Å². The minimum absolute atomic E-state index is 0.0487. The van der Waals surface area contributed by atoms with E-state index in [0.29, 0.717) is 19.5 Å². The van der Waals surface area contributed by atoms with Crippen LogP contribution in [0.5, 0.6) is 0 Å². The minimum atomic E-state index is 0.0487. The molecule has 0 atom stereocenters. The Morgan fingerprint density at radius 2 is 1.77 bits per heavy atom. The van der Waals surface area contributed by atoms with E-state index in [4.69, 9.17) is 0 Å². The molecule has 1 saturated heterocycles. The molecule has 2 aliphatic rings. The second kappa shape index (κ2) is 6.34. The molecular weight excluding hydrogens is 276 g/mol. The van der Waals surface area contributed by atoms with Crippen LogP contribution in [0.1, 0.15) is 35.2 Å². The van der Waals surface area contributed by atoms with E-state index in [9.17, 15) is 9.59 Å². The number of carbonyl (C=O) groups excluding carboxylic acids is 2. The first-order chi connectivity index (χ1) is 10.6. The third-order valence-electron chi connectivity index (χ3n) is 4.43. The summed E-state index contributed by atoms with van der Waals surface area (Å²) in [5, 5.41) is 0. The van der Waals surface area contributed by atoms with Crippen molar-refractivity contribution < 1.29 is 9.59 Å². The molecule has 2 amide bonds. The molecule has 4 nitrogen and oxygen atoms in total. The molecule has 0 aliphatic carbocycles. The summed E-state index contributed by atoms with van der Waals surface area (Å²) in [6.07, 6.45) is 4.80. The number of likely N-dealkylation sites (tertiary alicyclic amines) is 1. The van der Waals surface area contributed by atoms with Crippen molar-refractivity contribution in [2.45, 2.75) is 26.2 Å². The number of amides is 2. The second-order valence-electron chi connectivity index (χ2n) is 6.10. The van der Waals surface area contributed by atoms with Crippen molar-refractivity contribution in [3.8, 4) is 0 Å². The van der Waals surface area contributed by atoms with Crippen LogP contribution < -0.4 is 0 Å². The van der Waals surface area contributed by atoms with Gasteiger partial charge in [-0.2, -0.15) is 0 Å². The summed E-state index contributed by atoms with van der Waals surface area (Å²) in [6, 6.07) is 7.66. The lowest BCUT2D eigenvalue weighted by Crippen LogP contribution is -2.38. The summed E-state index contributed by atoms with van der Waals surface area (Å²) >= 11 is 0. The van der Waals surface area contributed by atoms with Crippen LogP contribution >= 0.6 is 0 Å². The van der Waals surface area contributed by atoms with Crippen molar-refractivity contribution in [3.63, 3.8) is 0 Å². The van der Waals surface area contributed by atoms with Crippen LogP contribution in [0.3, 0.4) is 0 Å². The average molecular weight is 298 g/mol. The zero-order valence-electron chi connectivity index (χ0n) is 13.0. The van der Waals surface area contributed by atoms with E-state index in [1.54, 1.807) is 0 Å². The van der Waals surface area contributed by atoms with Gasteiger partial charge in [0.15, 0.2) is 0 Å². The van der Waals surface area contributed by atoms with Gasteiger partial charge in [0, 0.05) is 37.3 Å². The van der Waals surface area contributed by atoms with Gasteiger partial charge >= 0.3 is 0 Å². The predicted octanol–water partition coefficient (Wildman–Crippen LogP) is 2.39. The Hall–Kier alpha value is -2.10. The van der Waals surface area contributed by atoms with Gasteiger partial charge in [0.05, 0.1) is 0 Å². The highest BCUT2D eigenvalue weighted by Gasteiger charge is 2.25. The maximum atomic E-state index is 12.5. The summed E-state index contributed by atoms with van der Waals surface area (Å²) in [7, 11) is 0. The summed E-state index contributed by atoms with van der Waals surface area (Å²) in [4.78, 5) is 28.6. The van der Waals surface area contributed by atoms with Crippen molar-refractivity contribution in [1.82, 2.24) is 9.80 Å². The third kappa shape index (κ3) is 3.06. The zero-order valence-corrected chi connectivity index (χ0v) is 13.0. The zero-order chi connectivity index (χ0) is 15.5. The van der Waals surface area contributed by atoms with Gasteiger partial charge in [-0.15, -0.1) is 0 Å². The van der Waals surface area contributed by atoms with E-state index in [-0.39, 0.29) is 11.8 Å². The van der Waals surface area contributed by atoms with E-state index >= 15 is 0 Å². The first-order valence-corrected chi connectivity index (χ1v) is 7.99. The van der Waals surface area contributed by atoms with E-state index in [2.05, 4.69) is 0 Å². The molecule has 1 fully saturated rings. The fourth-order valence-corrected chi connectivity index (χ4v) is 3.13. The molecule has 0 radical (unpaired) electrons. The third-order valence-corrected chi connectivity index (χ3v) is 4.43. The normalized spacial score (nSPS) is 18.3. The van der Waals surface area contributed by atoms with Crippen molar-refractivity contribution in [2.75, 3.05) is 26.2 Å². The van der Waals surface area contributed by atoms with Crippen LogP contribution in [0.15, 0.2) is 35.9 Å². The van der Waals surface area contributed by atoms with Crippen LogP contribution in [0.25, 0.3) is 0 Å². The smallest absolute Gasteiger partial charge is 0.254 e. The largest absolute Gasteiger partial charge is 0.339 e. The molecule has 2 heterocycles. The van der Waals surface area contributed by atoms with Crippen molar-refractivity contribution >= 4 is 11.8 Å². The van der Waals surface area contributed by atoms with Crippen LogP contribution in [-0.2, 0) is 4.79 Å². The first-order valence-electron chi connectivity index (χ1n) is 7.99. The lowest BCUT2D eigenvalue weighted by molar-refractivity contribution is -0.126. The van der Waals surface area contributed by atoms with Crippen LogP contribution in [0.4, 0.5) is 0 Å². The molecule has 1 aromatic carbocycles. The molecule has 2 aliphatic heterocycles. The lowest BCUT2D eigenvalue weighted by Gasteiger charge is -2.28. The number of hydrogen-bond acceptors (Lipinski definition) is 2. The summed E-state index contributed by atoms with van der Waals surface area (Å²) in [5.74, 6) is 0.216. The minimum Gasteiger partial charge on any atom is -0.339 e. The number of aryl methyl sites for hydroxylation is 1. The Bertz CT molecular complexity index is 615. The van der Waals surface area contributed by atoms with E-state index in [0.717, 1.165) is 42.6 Å². The fourth-order valence-electron chi connectivity index (χ4n) is 3.13. The topological polar surface area (TPSA) is 40.6 Å². The maximum Gasteiger partial charge on any atom is 0.254 e. The maximum absolute atomic E-state index is 12.5. The van der Waals surface area contributed by atoms with Crippen LogP contribution in [0, 0.1) is 6.92 Å². The predicted molar refractivity (Wildman–Crippen MR) is 85.6 cm³/mol. The molecule has 0 N–H and O–H groups in total. The Morgan fingerprint density at radius 1 is 1.00 bits per heavy atom. The molecule has 0 spiro atoms. The van der Waals surface area contributed by atoms with Crippen molar-refractivity contribution in [3.05, 3.63) is 47.0 Å². The first kappa shape index (κ1) is 14.8. The molecule has 4 heteroatoms. The molecule has 0 saturated carbocycles. The standard InChI is InChI=1S/C18H22N2O2/c1-14-5-4-6-16(13-14)18(22)20-11-7-15(8-12-20)17(21)19-9-2-3-10-19/h4-7,13H,2-3,8-12H2,1H3. The highest BCUT2D eigenvalue weighted by molar-refractivity contribution is 5.96. The van der Waals surface area contributed by atoms with Crippen molar-refractivity contribution in [1.29, 1.82) is 0 Å². The van der Waals surface area contributed by atoms with E-state index in [1.807, 2.05) is 47.1 Å². The van der Waals surface area contributed by atoms with E-state index in [1.165, 1.54) is 0 Å². The molecule has 116 valence electrons. The van der Waals surface area contributed by atoms with Gasteiger partial charge in [-0.3, -0.25) is 9.59 Å². The fraction of sp³-hybridized carbons (Fsp3) is 0.444. The van der Waals surface area contributed by atoms with Crippen LogP contribution in [-0.4, -0.2) is 47.8 Å². The van der Waals surface area contributed by atoms with Crippen LogP contribution in [0.2, 0.25) is 0 Å². The van der Waals surface area contributed by atoms with Gasteiger partial charge in [-0.25, -0.2) is 0 Å². The SMILES string of the molecule is Cc1cccc(C(=O)N2CC=C(C(=O)N3CCCC3)CC2)c1. The Morgan fingerprint density at radius 3 is 2.41 bits per heavy atom. The molecule has 1 aromatic rings. The highest BCUT2D eigenvalue weighted by Crippen LogP contribution is 2.19. The molecule has 22 heavy (non-hydrogen) atoms. The summed E-state index contributed by atoms with van der Waals surface area (Å²) < 4.78 is 0. The van der Waals surface area contributed by atoms with E-state index < -0.39 is 0 Å². The molecule has 0 aromatic heterocycles. The van der Waals surface area contributed by atoms with Gasteiger partial charge < -0.3 is 9.80 Å². The summed E-state index contributed by atoms with van der Waals surface area (Å²) in [5.41, 5.74) is 2.68. The number of benzene rings is 1. The molecule has 0 unspecified atom stereocenters. The highest BCUT2D eigenvalue weighted by atomic mass is 16.2. The quantitative estimate of drug-likeness (QED) is 0.841. The van der Waals surface area contributed by atoms with Gasteiger partial charge in [0.1, 0.15) is 0 Å². The molecule has 0 bridgehead atoms. The Kier molecular flexibility index (Phi) is 4.27. The summed E-state index contributed by atoms with van der Waals surface area (Å²) in [6.45, 7) is 4.89. The second-order valence-corrected chi connectivity index (χ2v) is 6.10. The van der Waals surface area contributed by atoms with Gasteiger partial charge in [-0.05, 0) is 38.3 Å². The average Bonchev–Trinajstić information content (AvgIpc) is 3.08. The van der Waals surface area contributed by atoms with Crippen molar-refractivity contribution in [2.24, 2.45) is 0 Å². The number of carbonyl (C=O) groups is 2. The molecular formula is C18H22N2O2. The Labute approximate surface area is 131 Å². The number of rotatable bonds is 2. The number of hydrogen-bond donors (Lipinski definition) is 0. The number of nitrogens with zero attached hydrogens (tertiary/aromatic N) is 2. The van der Waals surface area contributed by atoms with Gasteiger partial charge in [-0.1, -0.05) is 23.8 Å². The molecule has 3 rings (SSSR count). The van der Waals surface area contributed by atoms with Gasteiger partial charge in [0.25, 0.3) is 5.91 Å². The Balaban J connectivity index is 1.65. The monoisotopic (exact) mass is 298 g/mol.